The number of rotatable bonds is 10. The van der Waals surface area contributed by atoms with E-state index in [2.05, 4.69) is 29.9 Å². The standard InChI is InChI=1S/C23H27N7O5S2/c1-13-10-24-20(25-11-13)19(35-6)15(3)37(31,32)29-23-28-27-21(22-26-14(2)12-36-22)30(23)18-16(33-4)8-7-9-17(18)34-5/h7-12,15,19H,1-6H3,(H,28,29)/t15-,19+/m1/s1. The van der Waals surface area contributed by atoms with Crippen LogP contribution in [0, 0.1) is 13.8 Å². The molecule has 3 heterocycles. The van der Waals surface area contributed by atoms with Gasteiger partial charge < -0.3 is 14.2 Å². The molecule has 0 aliphatic rings. The van der Waals surface area contributed by atoms with Crippen molar-refractivity contribution < 1.29 is 22.6 Å². The number of thiazole rings is 1. The van der Waals surface area contributed by atoms with Crippen LogP contribution in [-0.4, -0.2) is 64.7 Å². The number of benzene rings is 1. The van der Waals surface area contributed by atoms with Crippen LogP contribution in [0.3, 0.4) is 0 Å². The number of methoxy groups -OCH3 is 3. The molecule has 1 aromatic carbocycles. The normalized spacial score (nSPS) is 13.2. The zero-order valence-electron chi connectivity index (χ0n) is 21.2. The smallest absolute Gasteiger partial charge is 0.243 e. The predicted molar refractivity (Wildman–Crippen MR) is 139 cm³/mol. The van der Waals surface area contributed by atoms with Crippen LogP contribution in [0.2, 0.25) is 0 Å². The minimum absolute atomic E-state index is 0.0721. The predicted octanol–water partition coefficient (Wildman–Crippen LogP) is 3.33. The van der Waals surface area contributed by atoms with E-state index in [9.17, 15) is 8.42 Å². The fraction of sp³-hybridized carbons (Fsp3) is 0.348. The van der Waals surface area contributed by atoms with Crippen LogP contribution in [0.5, 0.6) is 11.5 Å². The second-order valence-corrected chi connectivity index (χ2v) is 11.0. The Hall–Kier alpha value is -3.62. The number of aryl methyl sites for hydroxylation is 2. The van der Waals surface area contributed by atoms with Crippen molar-refractivity contribution in [2.24, 2.45) is 0 Å². The van der Waals surface area contributed by atoms with Crippen molar-refractivity contribution in [3.05, 3.63) is 53.1 Å². The summed E-state index contributed by atoms with van der Waals surface area (Å²) in [6.45, 7) is 5.21. The van der Waals surface area contributed by atoms with E-state index in [0.717, 1.165) is 11.3 Å². The van der Waals surface area contributed by atoms with Crippen LogP contribution < -0.4 is 14.2 Å². The van der Waals surface area contributed by atoms with E-state index in [1.54, 1.807) is 30.6 Å². The number of aromatic nitrogens is 6. The zero-order valence-corrected chi connectivity index (χ0v) is 22.8. The second-order valence-electron chi connectivity index (χ2n) is 8.11. The molecule has 4 rings (SSSR count). The van der Waals surface area contributed by atoms with Crippen molar-refractivity contribution in [3.8, 4) is 28.0 Å². The van der Waals surface area contributed by atoms with Crippen molar-refractivity contribution in [1.29, 1.82) is 0 Å². The number of nitrogens with one attached hydrogen (secondary N) is 1. The summed E-state index contributed by atoms with van der Waals surface area (Å²) in [6, 6.07) is 5.21. The Morgan fingerprint density at radius 3 is 2.22 bits per heavy atom. The molecule has 0 unspecified atom stereocenters. The van der Waals surface area contributed by atoms with Gasteiger partial charge in [0, 0.05) is 30.6 Å². The third-order valence-corrected chi connectivity index (χ3v) is 8.21. The highest BCUT2D eigenvalue weighted by Gasteiger charge is 2.35. The molecule has 14 heteroatoms. The molecular formula is C23H27N7O5S2. The van der Waals surface area contributed by atoms with Crippen molar-refractivity contribution in [2.45, 2.75) is 32.1 Å². The van der Waals surface area contributed by atoms with Crippen molar-refractivity contribution in [1.82, 2.24) is 29.7 Å². The van der Waals surface area contributed by atoms with E-state index in [-0.39, 0.29) is 11.8 Å². The Balaban J connectivity index is 1.82. The fourth-order valence-corrected chi connectivity index (χ4v) is 5.55. The van der Waals surface area contributed by atoms with Crippen LogP contribution in [-0.2, 0) is 14.8 Å². The molecule has 0 aliphatic carbocycles. The first kappa shape index (κ1) is 26.4. The molecule has 2 atom stereocenters. The van der Waals surface area contributed by atoms with Gasteiger partial charge >= 0.3 is 0 Å². The highest BCUT2D eigenvalue weighted by molar-refractivity contribution is 7.93. The summed E-state index contributed by atoms with van der Waals surface area (Å²) >= 11 is 1.35. The van der Waals surface area contributed by atoms with Gasteiger partial charge in [0.2, 0.25) is 16.0 Å². The Labute approximate surface area is 218 Å². The Kier molecular flexibility index (Phi) is 7.71. The molecule has 37 heavy (non-hydrogen) atoms. The number of para-hydroxylation sites is 1. The van der Waals surface area contributed by atoms with Gasteiger partial charge in [-0.25, -0.2) is 23.4 Å². The maximum absolute atomic E-state index is 13.6. The van der Waals surface area contributed by atoms with Crippen molar-refractivity contribution >= 4 is 27.3 Å². The topological polar surface area (TPSA) is 143 Å². The third kappa shape index (κ3) is 5.26. The first-order valence-electron chi connectivity index (χ1n) is 11.1. The number of nitrogens with zero attached hydrogens (tertiary/aromatic N) is 6. The zero-order chi connectivity index (χ0) is 26.7. The van der Waals surface area contributed by atoms with Crippen molar-refractivity contribution in [3.63, 3.8) is 0 Å². The number of anilines is 1. The monoisotopic (exact) mass is 545 g/mol. The number of hydrogen-bond donors (Lipinski definition) is 1. The summed E-state index contributed by atoms with van der Waals surface area (Å²) in [4.78, 5) is 13.0. The molecule has 0 fully saturated rings. The summed E-state index contributed by atoms with van der Waals surface area (Å²) in [5, 5.41) is 9.76. The SMILES string of the molecule is COc1cccc(OC)c1-n1c(NS(=O)(=O)[C@H](C)[C@H](OC)c2ncc(C)cn2)nnc1-c1nc(C)cs1. The highest BCUT2D eigenvalue weighted by atomic mass is 32.2. The lowest BCUT2D eigenvalue weighted by Gasteiger charge is -2.22. The van der Waals surface area contributed by atoms with Gasteiger partial charge in [-0.3, -0.25) is 9.29 Å². The van der Waals surface area contributed by atoms with Crippen LogP contribution in [0.25, 0.3) is 16.5 Å². The number of sulfonamides is 1. The molecule has 0 spiro atoms. The van der Waals surface area contributed by atoms with Crippen LogP contribution in [0.1, 0.15) is 30.1 Å². The summed E-state index contributed by atoms with van der Waals surface area (Å²) in [7, 11) is 0.327. The Bertz CT molecular complexity index is 1460. The molecule has 3 aromatic heterocycles. The molecule has 12 nitrogen and oxygen atoms in total. The van der Waals surface area contributed by atoms with E-state index < -0.39 is 21.4 Å². The lowest BCUT2D eigenvalue weighted by Crippen LogP contribution is -2.33. The molecular weight excluding hydrogens is 518 g/mol. The first-order chi connectivity index (χ1) is 17.7. The maximum atomic E-state index is 13.6. The molecule has 0 saturated heterocycles. The minimum atomic E-state index is -4.09. The van der Waals surface area contributed by atoms with Gasteiger partial charge in [0.15, 0.2) is 16.7 Å². The molecule has 1 N–H and O–H groups in total. The Morgan fingerprint density at radius 2 is 1.68 bits per heavy atom. The average Bonchev–Trinajstić information content (AvgIpc) is 3.50. The molecule has 196 valence electrons. The fourth-order valence-electron chi connectivity index (χ4n) is 3.65. The molecule has 0 bridgehead atoms. The van der Waals surface area contributed by atoms with E-state index >= 15 is 0 Å². The summed E-state index contributed by atoms with van der Waals surface area (Å²) in [6.07, 6.45) is 2.28. The van der Waals surface area contributed by atoms with Gasteiger partial charge in [0.05, 0.1) is 14.2 Å². The lowest BCUT2D eigenvalue weighted by molar-refractivity contribution is 0.0949. The van der Waals surface area contributed by atoms with Gasteiger partial charge in [-0.2, -0.15) is 0 Å². The van der Waals surface area contributed by atoms with E-state index in [4.69, 9.17) is 14.2 Å². The van der Waals surface area contributed by atoms with E-state index in [1.165, 1.54) is 44.2 Å². The van der Waals surface area contributed by atoms with Gasteiger partial charge in [0.25, 0.3) is 0 Å². The molecule has 0 amide bonds. The number of hydrogen-bond acceptors (Lipinski definition) is 11. The van der Waals surface area contributed by atoms with E-state index in [0.29, 0.717) is 28.0 Å². The highest BCUT2D eigenvalue weighted by Crippen LogP contribution is 2.38. The molecule has 0 aliphatic heterocycles. The van der Waals surface area contributed by atoms with Crippen LogP contribution in [0.15, 0.2) is 36.0 Å². The third-order valence-electron chi connectivity index (χ3n) is 5.56. The lowest BCUT2D eigenvalue weighted by atomic mass is 10.2. The quantitative estimate of drug-likeness (QED) is 0.315. The van der Waals surface area contributed by atoms with Crippen LogP contribution in [0.4, 0.5) is 5.95 Å². The summed E-state index contributed by atoms with van der Waals surface area (Å²) in [5.41, 5.74) is 2.05. The summed E-state index contributed by atoms with van der Waals surface area (Å²) < 4.78 is 47.9. The second kappa shape index (κ2) is 10.8. The molecule has 0 radical (unpaired) electrons. The van der Waals surface area contributed by atoms with Crippen LogP contribution >= 0.6 is 11.3 Å². The van der Waals surface area contributed by atoms with Gasteiger partial charge in [-0.05, 0) is 38.5 Å². The Morgan fingerprint density at radius 1 is 1.03 bits per heavy atom. The largest absolute Gasteiger partial charge is 0.494 e. The molecule has 4 aromatic rings. The van der Waals surface area contributed by atoms with Gasteiger partial charge in [-0.1, -0.05) is 6.07 Å². The average molecular weight is 546 g/mol. The number of ether oxygens (including phenoxy) is 3. The first-order valence-corrected chi connectivity index (χ1v) is 13.5. The summed E-state index contributed by atoms with van der Waals surface area (Å²) in [5.74, 6) is 1.33. The maximum Gasteiger partial charge on any atom is 0.243 e. The van der Waals surface area contributed by atoms with Gasteiger partial charge in [0.1, 0.15) is 28.5 Å². The van der Waals surface area contributed by atoms with Gasteiger partial charge in [-0.15, -0.1) is 21.5 Å². The molecule has 0 saturated carbocycles. The van der Waals surface area contributed by atoms with Crippen molar-refractivity contribution in [2.75, 3.05) is 26.1 Å². The minimum Gasteiger partial charge on any atom is -0.494 e. The van der Waals surface area contributed by atoms with E-state index in [1.807, 2.05) is 19.2 Å².